The fourth-order valence-electron chi connectivity index (χ4n) is 2.42. The lowest BCUT2D eigenvalue weighted by molar-refractivity contribution is 0.0955. The van der Waals surface area contributed by atoms with E-state index in [9.17, 15) is 4.79 Å². The minimum Gasteiger partial charge on any atom is -0.352 e. The fourth-order valence-corrected chi connectivity index (χ4v) is 3.26. The normalized spacial score (nSPS) is 10.2. The molecule has 1 aromatic heterocycles. The quantitative estimate of drug-likeness (QED) is 0.518. The van der Waals surface area contributed by atoms with Crippen LogP contribution in [0.5, 0.6) is 0 Å². The summed E-state index contributed by atoms with van der Waals surface area (Å²) in [6.45, 7) is 0.681. The minimum absolute atomic E-state index is 0. The molecule has 3 rings (SSSR count). The highest BCUT2D eigenvalue weighted by Gasteiger charge is 2.08. The van der Waals surface area contributed by atoms with Crippen molar-refractivity contribution in [3.05, 3.63) is 72.6 Å². The second-order valence-corrected chi connectivity index (χ2v) is 6.34. The molecule has 0 aliphatic rings. The second kappa shape index (κ2) is 9.30. The molecule has 0 aliphatic carbocycles. The average molecular weight is 359 g/mol. The summed E-state index contributed by atoms with van der Waals surface area (Å²) >= 11 is 1.78. The van der Waals surface area contributed by atoms with Gasteiger partial charge in [-0.05, 0) is 41.1 Å². The van der Waals surface area contributed by atoms with Crippen molar-refractivity contribution in [2.45, 2.75) is 11.3 Å². The van der Waals surface area contributed by atoms with Crippen molar-refractivity contribution in [3.63, 3.8) is 0 Å². The Morgan fingerprint density at radius 1 is 1.00 bits per heavy atom. The van der Waals surface area contributed by atoms with Gasteiger partial charge in [0.25, 0.3) is 5.91 Å². The molecule has 0 saturated heterocycles. The van der Waals surface area contributed by atoms with Crippen LogP contribution in [0, 0.1) is 0 Å². The standard InChI is InChI=1S/C19H18N2OS.ClH/c22-19(18-8-3-6-15-5-1-2-7-17(15)18)21-11-4-14-23-16-9-12-20-13-10-16;/h1-3,5-10,12-13H,4,11,14H2,(H,21,22);1H. The molecule has 0 fully saturated rings. The first kappa shape index (κ1) is 18.3. The zero-order chi connectivity index (χ0) is 15.9. The van der Waals surface area contributed by atoms with E-state index in [1.54, 1.807) is 24.2 Å². The zero-order valence-corrected chi connectivity index (χ0v) is 14.8. The van der Waals surface area contributed by atoms with E-state index in [2.05, 4.69) is 10.3 Å². The van der Waals surface area contributed by atoms with Crippen LogP contribution >= 0.6 is 24.2 Å². The molecule has 2 aromatic carbocycles. The van der Waals surface area contributed by atoms with Gasteiger partial charge in [0.2, 0.25) is 0 Å². The topological polar surface area (TPSA) is 42.0 Å². The van der Waals surface area contributed by atoms with Crippen LogP contribution in [0.4, 0.5) is 0 Å². The molecule has 0 atom stereocenters. The summed E-state index contributed by atoms with van der Waals surface area (Å²) in [5.41, 5.74) is 0.741. The largest absolute Gasteiger partial charge is 0.352 e. The van der Waals surface area contributed by atoms with Crippen LogP contribution in [0.25, 0.3) is 10.8 Å². The van der Waals surface area contributed by atoms with Gasteiger partial charge < -0.3 is 5.32 Å². The van der Waals surface area contributed by atoms with Gasteiger partial charge in [-0.25, -0.2) is 0 Å². The maximum absolute atomic E-state index is 12.4. The molecule has 0 aliphatic heterocycles. The predicted molar refractivity (Wildman–Crippen MR) is 103 cm³/mol. The lowest BCUT2D eigenvalue weighted by Crippen LogP contribution is -2.25. The van der Waals surface area contributed by atoms with Crippen LogP contribution in [-0.4, -0.2) is 23.2 Å². The predicted octanol–water partition coefficient (Wildman–Crippen LogP) is 4.57. The van der Waals surface area contributed by atoms with Crippen LogP contribution in [0.1, 0.15) is 16.8 Å². The first-order chi connectivity index (χ1) is 11.3. The van der Waals surface area contributed by atoms with Gasteiger partial charge >= 0.3 is 0 Å². The zero-order valence-electron chi connectivity index (χ0n) is 13.1. The fraction of sp³-hybridized carbons (Fsp3) is 0.158. The van der Waals surface area contributed by atoms with Crippen LogP contribution in [0.3, 0.4) is 0 Å². The number of rotatable bonds is 6. The first-order valence-electron chi connectivity index (χ1n) is 7.63. The first-order valence-corrected chi connectivity index (χ1v) is 8.62. The number of nitrogens with one attached hydrogen (secondary N) is 1. The van der Waals surface area contributed by atoms with Crippen LogP contribution in [-0.2, 0) is 0 Å². The minimum atomic E-state index is -0.00397. The van der Waals surface area contributed by atoms with Gasteiger partial charge in [-0.15, -0.1) is 24.2 Å². The number of hydrogen-bond acceptors (Lipinski definition) is 3. The van der Waals surface area contributed by atoms with Crippen molar-refractivity contribution in [1.82, 2.24) is 10.3 Å². The van der Waals surface area contributed by atoms with Gasteiger partial charge in [0, 0.05) is 29.4 Å². The summed E-state index contributed by atoms with van der Waals surface area (Å²) in [5, 5.41) is 5.10. The van der Waals surface area contributed by atoms with Crippen molar-refractivity contribution in [3.8, 4) is 0 Å². The number of fused-ring (bicyclic) bond motifs is 1. The molecule has 0 saturated carbocycles. The molecule has 1 amide bonds. The number of amides is 1. The molecule has 3 aromatic rings. The number of thioether (sulfide) groups is 1. The molecular formula is C19H19ClN2OS. The van der Waals surface area contributed by atoms with Gasteiger partial charge in [-0.2, -0.15) is 0 Å². The van der Waals surface area contributed by atoms with Crippen molar-refractivity contribution < 1.29 is 4.79 Å². The molecular weight excluding hydrogens is 340 g/mol. The Kier molecular flexibility index (Phi) is 7.09. The maximum atomic E-state index is 12.4. The molecule has 0 bridgehead atoms. The van der Waals surface area contributed by atoms with Crippen LogP contribution < -0.4 is 5.32 Å². The number of carbonyl (C=O) groups is 1. The van der Waals surface area contributed by atoms with Gasteiger partial charge in [-0.1, -0.05) is 36.4 Å². The monoisotopic (exact) mass is 358 g/mol. The number of hydrogen-bond donors (Lipinski definition) is 1. The molecule has 1 heterocycles. The third-order valence-corrected chi connectivity index (χ3v) is 4.66. The molecule has 3 nitrogen and oxygen atoms in total. The van der Waals surface area contributed by atoms with E-state index in [4.69, 9.17) is 0 Å². The highest BCUT2D eigenvalue weighted by molar-refractivity contribution is 7.99. The molecule has 0 spiro atoms. The lowest BCUT2D eigenvalue weighted by atomic mass is 10.0. The van der Waals surface area contributed by atoms with Gasteiger partial charge in [0.05, 0.1) is 0 Å². The van der Waals surface area contributed by atoms with Crippen molar-refractivity contribution >= 4 is 40.8 Å². The molecule has 124 valence electrons. The number of carbonyl (C=O) groups excluding carboxylic acids is 1. The summed E-state index contributed by atoms with van der Waals surface area (Å²) in [7, 11) is 0. The van der Waals surface area contributed by atoms with E-state index in [1.807, 2.05) is 54.6 Å². The van der Waals surface area contributed by atoms with Crippen LogP contribution in [0.2, 0.25) is 0 Å². The Morgan fingerprint density at radius 2 is 1.75 bits per heavy atom. The Balaban J connectivity index is 0.00000208. The summed E-state index contributed by atoms with van der Waals surface area (Å²) in [6.07, 6.45) is 4.53. The Bertz CT molecular complexity index is 790. The van der Waals surface area contributed by atoms with E-state index in [0.717, 1.165) is 28.5 Å². The molecule has 1 N–H and O–H groups in total. The number of aromatic nitrogens is 1. The summed E-state index contributed by atoms with van der Waals surface area (Å²) in [5.74, 6) is 0.968. The third-order valence-electron chi connectivity index (χ3n) is 3.56. The number of pyridine rings is 1. The SMILES string of the molecule is Cl.O=C(NCCCSc1ccncc1)c1cccc2ccccc12. The second-order valence-electron chi connectivity index (χ2n) is 5.17. The molecule has 0 radical (unpaired) electrons. The highest BCUT2D eigenvalue weighted by Crippen LogP contribution is 2.19. The summed E-state index contributed by atoms with van der Waals surface area (Å²) in [4.78, 5) is 17.6. The van der Waals surface area contributed by atoms with Gasteiger partial charge in [0.1, 0.15) is 0 Å². The average Bonchev–Trinajstić information content (AvgIpc) is 2.61. The van der Waals surface area contributed by atoms with E-state index in [-0.39, 0.29) is 18.3 Å². The van der Waals surface area contributed by atoms with E-state index in [0.29, 0.717) is 6.54 Å². The van der Waals surface area contributed by atoms with Crippen molar-refractivity contribution in [1.29, 1.82) is 0 Å². The van der Waals surface area contributed by atoms with E-state index in [1.165, 1.54) is 4.90 Å². The molecule has 0 unspecified atom stereocenters. The van der Waals surface area contributed by atoms with Gasteiger partial charge in [-0.3, -0.25) is 9.78 Å². The molecule has 5 heteroatoms. The third kappa shape index (κ3) is 4.73. The van der Waals surface area contributed by atoms with Crippen molar-refractivity contribution in [2.75, 3.05) is 12.3 Å². The summed E-state index contributed by atoms with van der Waals surface area (Å²) in [6, 6.07) is 17.8. The van der Waals surface area contributed by atoms with E-state index < -0.39 is 0 Å². The smallest absolute Gasteiger partial charge is 0.251 e. The highest BCUT2D eigenvalue weighted by atomic mass is 35.5. The van der Waals surface area contributed by atoms with Crippen LogP contribution in [0.15, 0.2) is 71.9 Å². The number of benzene rings is 2. The van der Waals surface area contributed by atoms with E-state index >= 15 is 0 Å². The Hall–Kier alpha value is -2.04. The summed E-state index contributed by atoms with van der Waals surface area (Å²) < 4.78 is 0. The van der Waals surface area contributed by atoms with Gasteiger partial charge in [0.15, 0.2) is 0 Å². The lowest BCUT2D eigenvalue weighted by Gasteiger charge is -2.08. The van der Waals surface area contributed by atoms with Crippen molar-refractivity contribution in [2.24, 2.45) is 0 Å². The number of nitrogens with zero attached hydrogens (tertiary/aromatic N) is 1. The molecule has 24 heavy (non-hydrogen) atoms. The Morgan fingerprint density at radius 3 is 2.58 bits per heavy atom. The number of halogens is 1. The Labute approximate surface area is 152 Å². The maximum Gasteiger partial charge on any atom is 0.251 e.